The fourth-order valence-corrected chi connectivity index (χ4v) is 2.50. The number of aromatic nitrogens is 1. The molecule has 1 aliphatic heterocycles. The third-order valence-electron chi connectivity index (χ3n) is 3.71. The number of rotatable bonds is 4. The lowest BCUT2D eigenvalue weighted by Crippen LogP contribution is -2.37. The molecule has 116 valence electrons. The van der Waals surface area contributed by atoms with Crippen molar-refractivity contribution in [2.75, 3.05) is 13.2 Å². The topological polar surface area (TPSA) is 84.3 Å². The van der Waals surface area contributed by atoms with E-state index in [4.69, 9.17) is 9.15 Å². The Hall–Kier alpha value is -2.34. The van der Waals surface area contributed by atoms with Gasteiger partial charge in [-0.1, -0.05) is 0 Å². The maximum Gasteiger partial charge on any atom is 0.261 e. The van der Waals surface area contributed by atoms with Gasteiger partial charge in [0.05, 0.1) is 18.1 Å². The molecule has 1 saturated heterocycles. The van der Waals surface area contributed by atoms with E-state index in [1.807, 2.05) is 0 Å². The van der Waals surface area contributed by atoms with Crippen LogP contribution in [0.2, 0.25) is 0 Å². The van der Waals surface area contributed by atoms with Gasteiger partial charge in [0.2, 0.25) is 0 Å². The number of aromatic amines is 1. The van der Waals surface area contributed by atoms with Crippen molar-refractivity contribution < 1.29 is 13.9 Å². The maximum atomic E-state index is 12.1. The fraction of sp³-hybridized carbons (Fsp3) is 0.375. The van der Waals surface area contributed by atoms with E-state index in [0.717, 1.165) is 25.9 Å². The minimum Gasteiger partial charge on any atom is -0.463 e. The van der Waals surface area contributed by atoms with E-state index in [1.54, 1.807) is 18.2 Å². The molecule has 1 fully saturated rings. The van der Waals surface area contributed by atoms with E-state index in [9.17, 15) is 9.59 Å². The molecule has 0 aliphatic carbocycles. The van der Waals surface area contributed by atoms with E-state index >= 15 is 0 Å². The molecule has 0 saturated carbocycles. The number of nitrogens with one attached hydrogen (secondary N) is 2. The molecule has 3 rings (SSSR count). The van der Waals surface area contributed by atoms with Crippen molar-refractivity contribution in [1.29, 1.82) is 0 Å². The standard InChI is InChI=1S/C16H18N2O4/c19-15(17-10-11-4-1-2-8-21-11)12-6-7-13(18-16(12)20)14-5-3-9-22-14/h3,5-7,9,11H,1-2,4,8,10H2,(H,17,19)(H,18,20)/t11-/m1/s1. The predicted molar refractivity (Wildman–Crippen MR) is 80.7 cm³/mol. The van der Waals surface area contributed by atoms with E-state index < -0.39 is 5.56 Å². The van der Waals surface area contributed by atoms with Crippen LogP contribution in [0.15, 0.2) is 39.7 Å². The Kier molecular flexibility index (Phi) is 4.39. The van der Waals surface area contributed by atoms with Crippen molar-refractivity contribution in [3.8, 4) is 11.5 Å². The Labute approximate surface area is 127 Å². The largest absolute Gasteiger partial charge is 0.463 e. The number of furan rings is 1. The molecule has 0 bridgehead atoms. The Morgan fingerprint density at radius 1 is 1.32 bits per heavy atom. The first-order valence-corrected chi connectivity index (χ1v) is 7.41. The minimum absolute atomic E-state index is 0.0409. The summed E-state index contributed by atoms with van der Waals surface area (Å²) in [6.07, 6.45) is 4.68. The summed E-state index contributed by atoms with van der Waals surface area (Å²) < 4.78 is 10.8. The summed E-state index contributed by atoms with van der Waals surface area (Å²) in [6, 6.07) is 6.64. The summed E-state index contributed by atoms with van der Waals surface area (Å²) >= 11 is 0. The molecule has 3 heterocycles. The molecular formula is C16H18N2O4. The third-order valence-corrected chi connectivity index (χ3v) is 3.71. The summed E-state index contributed by atoms with van der Waals surface area (Å²) in [6.45, 7) is 1.16. The lowest BCUT2D eigenvalue weighted by Gasteiger charge is -2.22. The van der Waals surface area contributed by atoms with E-state index in [-0.39, 0.29) is 17.6 Å². The van der Waals surface area contributed by atoms with Crippen LogP contribution in [0.4, 0.5) is 0 Å². The zero-order valence-electron chi connectivity index (χ0n) is 12.1. The van der Waals surface area contributed by atoms with Gasteiger partial charge in [0.15, 0.2) is 0 Å². The number of H-pyrrole nitrogens is 1. The highest BCUT2D eigenvalue weighted by atomic mass is 16.5. The number of hydrogen-bond donors (Lipinski definition) is 2. The minimum atomic E-state index is -0.434. The zero-order valence-corrected chi connectivity index (χ0v) is 12.1. The number of ether oxygens (including phenoxy) is 1. The Balaban J connectivity index is 1.66. The second kappa shape index (κ2) is 6.62. The highest BCUT2D eigenvalue weighted by Gasteiger charge is 2.17. The zero-order chi connectivity index (χ0) is 15.4. The molecule has 1 atom stereocenters. The van der Waals surface area contributed by atoms with Gasteiger partial charge in [-0.15, -0.1) is 0 Å². The van der Waals surface area contributed by atoms with Crippen LogP contribution in [0, 0.1) is 0 Å². The van der Waals surface area contributed by atoms with Crippen LogP contribution in [-0.2, 0) is 4.74 Å². The first kappa shape index (κ1) is 14.6. The molecular weight excluding hydrogens is 284 g/mol. The van der Waals surface area contributed by atoms with Gasteiger partial charge in [-0.05, 0) is 43.5 Å². The Morgan fingerprint density at radius 3 is 2.91 bits per heavy atom. The Morgan fingerprint density at radius 2 is 2.23 bits per heavy atom. The van der Waals surface area contributed by atoms with Crippen LogP contribution >= 0.6 is 0 Å². The number of carbonyl (C=O) groups excluding carboxylic acids is 1. The molecule has 1 amide bonds. The second-order valence-corrected chi connectivity index (χ2v) is 5.29. The molecule has 6 nitrogen and oxygen atoms in total. The highest BCUT2D eigenvalue weighted by molar-refractivity contribution is 5.94. The van der Waals surface area contributed by atoms with Gasteiger partial charge in [0.25, 0.3) is 11.5 Å². The second-order valence-electron chi connectivity index (χ2n) is 5.29. The van der Waals surface area contributed by atoms with Crippen molar-refractivity contribution in [2.45, 2.75) is 25.4 Å². The first-order chi connectivity index (χ1) is 10.7. The molecule has 2 aromatic heterocycles. The van der Waals surface area contributed by atoms with Crippen molar-refractivity contribution in [3.05, 3.63) is 46.4 Å². The van der Waals surface area contributed by atoms with Gasteiger partial charge in [-0.3, -0.25) is 9.59 Å². The smallest absolute Gasteiger partial charge is 0.261 e. The van der Waals surface area contributed by atoms with E-state index in [1.165, 1.54) is 12.3 Å². The molecule has 0 unspecified atom stereocenters. The molecule has 2 N–H and O–H groups in total. The third kappa shape index (κ3) is 3.28. The fourth-order valence-electron chi connectivity index (χ4n) is 2.50. The van der Waals surface area contributed by atoms with Gasteiger partial charge < -0.3 is 19.5 Å². The van der Waals surface area contributed by atoms with Crippen LogP contribution in [0.5, 0.6) is 0 Å². The van der Waals surface area contributed by atoms with Crippen molar-refractivity contribution in [3.63, 3.8) is 0 Å². The van der Waals surface area contributed by atoms with Crippen molar-refractivity contribution >= 4 is 5.91 Å². The predicted octanol–water partition coefficient (Wildman–Crippen LogP) is 1.93. The lowest BCUT2D eigenvalue weighted by molar-refractivity contribution is 0.0169. The lowest BCUT2D eigenvalue weighted by atomic mass is 10.1. The summed E-state index contributed by atoms with van der Waals surface area (Å²) in [5, 5.41) is 2.76. The quantitative estimate of drug-likeness (QED) is 0.904. The molecule has 0 radical (unpaired) electrons. The number of amides is 1. The average Bonchev–Trinajstić information content (AvgIpc) is 3.08. The van der Waals surface area contributed by atoms with Crippen LogP contribution < -0.4 is 10.9 Å². The molecule has 0 aromatic carbocycles. The summed E-state index contributed by atoms with van der Waals surface area (Å²) in [4.78, 5) is 26.8. The van der Waals surface area contributed by atoms with Gasteiger partial charge in [0, 0.05) is 13.2 Å². The van der Waals surface area contributed by atoms with E-state index in [2.05, 4.69) is 10.3 Å². The average molecular weight is 302 g/mol. The van der Waals surface area contributed by atoms with E-state index in [0.29, 0.717) is 18.0 Å². The molecule has 2 aromatic rings. The first-order valence-electron chi connectivity index (χ1n) is 7.41. The normalized spacial score (nSPS) is 18.1. The van der Waals surface area contributed by atoms with Crippen LogP contribution in [-0.4, -0.2) is 30.1 Å². The van der Waals surface area contributed by atoms with Gasteiger partial charge in [-0.25, -0.2) is 0 Å². The number of hydrogen-bond acceptors (Lipinski definition) is 4. The molecule has 6 heteroatoms. The SMILES string of the molecule is O=C(NC[C@H]1CCCCO1)c1ccc(-c2ccco2)[nH]c1=O. The molecule has 22 heavy (non-hydrogen) atoms. The van der Waals surface area contributed by atoms with Crippen LogP contribution in [0.25, 0.3) is 11.5 Å². The molecule has 1 aliphatic rings. The maximum absolute atomic E-state index is 12.1. The summed E-state index contributed by atoms with van der Waals surface area (Å²) in [5.41, 5.74) is 0.198. The van der Waals surface area contributed by atoms with Gasteiger partial charge >= 0.3 is 0 Å². The summed E-state index contributed by atoms with van der Waals surface area (Å²) in [7, 11) is 0. The monoisotopic (exact) mass is 302 g/mol. The van der Waals surface area contributed by atoms with Crippen LogP contribution in [0.3, 0.4) is 0 Å². The van der Waals surface area contributed by atoms with Crippen molar-refractivity contribution in [2.24, 2.45) is 0 Å². The van der Waals surface area contributed by atoms with Crippen molar-refractivity contribution in [1.82, 2.24) is 10.3 Å². The van der Waals surface area contributed by atoms with Crippen LogP contribution in [0.1, 0.15) is 29.6 Å². The highest BCUT2D eigenvalue weighted by Crippen LogP contribution is 2.15. The Bertz CT molecular complexity index is 684. The number of carbonyl (C=O) groups is 1. The van der Waals surface area contributed by atoms with Gasteiger partial charge in [-0.2, -0.15) is 0 Å². The number of pyridine rings is 1. The van der Waals surface area contributed by atoms with Gasteiger partial charge in [0.1, 0.15) is 11.3 Å². The summed E-state index contributed by atoms with van der Waals surface area (Å²) in [5.74, 6) is 0.168. The molecule has 0 spiro atoms.